The molecule has 4 heteroatoms. The van der Waals surface area contributed by atoms with Crippen LogP contribution >= 0.6 is 11.6 Å². The van der Waals surface area contributed by atoms with Gasteiger partial charge in [-0.05, 0) is 44.4 Å². The molecule has 0 radical (unpaired) electrons. The summed E-state index contributed by atoms with van der Waals surface area (Å²) in [5, 5.41) is 3.69. The second kappa shape index (κ2) is 7.39. The molecule has 0 aliphatic rings. The van der Waals surface area contributed by atoms with Gasteiger partial charge in [0.1, 0.15) is 0 Å². The number of halogens is 1. The van der Waals surface area contributed by atoms with E-state index in [4.69, 9.17) is 17.3 Å². The van der Waals surface area contributed by atoms with Gasteiger partial charge in [-0.25, -0.2) is 0 Å². The fourth-order valence-corrected chi connectivity index (χ4v) is 1.99. The van der Waals surface area contributed by atoms with Gasteiger partial charge < -0.3 is 11.1 Å². The van der Waals surface area contributed by atoms with Gasteiger partial charge in [0.15, 0.2) is 0 Å². The number of hydrogen-bond acceptors (Lipinski definition) is 2. The van der Waals surface area contributed by atoms with E-state index in [0.29, 0.717) is 6.42 Å². The van der Waals surface area contributed by atoms with Crippen LogP contribution in [0.1, 0.15) is 32.3 Å². The normalized spacial score (nSPS) is 14.0. The van der Waals surface area contributed by atoms with Gasteiger partial charge in [-0.2, -0.15) is 0 Å². The number of benzene rings is 1. The van der Waals surface area contributed by atoms with E-state index in [1.165, 1.54) is 0 Å². The Morgan fingerprint density at radius 2 is 2.17 bits per heavy atom. The molecule has 0 heterocycles. The first-order chi connectivity index (χ1) is 8.47. The Balaban J connectivity index is 2.37. The first-order valence-corrected chi connectivity index (χ1v) is 6.64. The second-order valence-corrected chi connectivity index (χ2v) is 5.26. The van der Waals surface area contributed by atoms with E-state index in [2.05, 4.69) is 5.32 Å². The van der Waals surface area contributed by atoms with E-state index in [1.54, 1.807) is 0 Å². The minimum absolute atomic E-state index is 0.0572. The zero-order valence-electron chi connectivity index (χ0n) is 10.9. The third kappa shape index (κ3) is 6.03. The van der Waals surface area contributed by atoms with Crippen LogP contribution < -0.4 is 11.1 Å². The van der Waals surface area contributed by atoms with Crippen molar-refractivity contribution in [3.05, 3.63) is 34.9 Å². The van der Waals surface area contributed by atoms with Gasteiger partial charge in [-0.1, -0.05) is 23.7 Å². The minimum Gasteiger partial charge on any atom is -0.353 e. The van der Waals surface area contributed by atoms with E-state index in [1.807, 2.05) is 38.1 Å². The maximum absolute atomic E-state index is 11.6. The predicted octanol–water partition coefficient (Wildman–Crippen LogP) is 2.51. The van der Waals surface area contributed by atoms with Gasteiger partial charge in [-0.3, -0.25) is 4.79 Å². The highest BCUT2D eigenvalue weighted by Gasteiger charge is 2.09. The van der Waals surface area contributed by atoms with E-state index in [9.17, 15) is 4.79 Å². The molecule has 0 saturated carbocycles. The average Bonchev–Trinajstić information content (AvgIpc) is 2.26. The summed E-state index contributed by atoms with van der Waals surface area (Å²) in [6.45, 7) is 3.90. The topological polar surface area (TPSA) is 55.1 Å². The van der Waals surface area contributed by atoms with Crippen LogP contribution in [0.25, 0.3) is 0 Å². The van der Waals surface area contributed by atoms with E-state index in [0.717, 1.165) is 23.4 Å². The van der Waals surface area contributed by atoms with Gasteiger partial charge in [0.05, 0.1) is 0 Å². The predicted molar refractivity (Wildman–Crippen MR) is 75.6 cm³/mol. The van der Waals surface area contributed by atoms with Crippen molar-refractivity contribution in [2.75, 3.05) is 0 Å². The maximum Gasteiger partial charge on any atom is 0.220 e. The molecule has 1 aromatic rings. The van der Waals surface area contributed by atoms with Gasteiger partial charge in [0, 0.05) is 23.5 Å². The summed E-state index contributed by atoms with van der Waals surface area (Å²) in [6, 6.07) is 7.87. The second-order valence-electron chi connectivity index (χ2n) is 4.82. The van der Waals surface area contributed by atoms with E-state index >= 15 is 0 Å². The molecule has 18 heavy (non-hydrogen) atoms. The highest BCUT2D eigenvalue weighted by atomic mass is 35.5. The van der Waals surface area contributed by atoms with Crippen LogP contribution in [-0.2, 0) is 11.2 Å². The molecule has 0 fully saturated rings. The molecular weight excluding hydrogens is 248 g/mol. The summed E-state index contributed by atoms with van der Waals surface area (Å²) in [4.78, 5) is 11.6. The van der Waals surface area contributed by atoms with Crippen LogP contribution in [-0.4, -0.2) is 18.0 Å². The molecule has 3 N–H and O–H groups in total. The van der Waals surface area contributed by atoms with Crippen molar-refractivity contribution in [1.29, 1.82) is 0 Å². The minimum atomic E-state index is 0.0572. The van der Waals surface area contributed by atoms with Gasteiger partial charge in [-0.15, -0.1) is 0 Å². The van der Waals surface area contributed by atoms with Gasteiger partial charge in [0.25, 0.3) is 0 Å². The van der Waals surface area contributed by atoms with E-state index in [-0.39, 0.29) is 18.0 Å². The van der Waals surface area contributed by atoms with Gasteiger partial charge in [0.2, 0.25) is 5.91 Å². The van der Waals surface area contributed by atoms with Crippen molar-refractivity contribution in [3.8, 4) is 0 Å². The molecule has 1 rings (SSSR count). The SMILES string of the molecule is CC(N)CCC(=O)NC(C)Cc1cccc(Cl)c1. The summed E-state index contributed by atoms with van der Waals surface area (Å²) in [5.74, 6) is 0.0572. The van der Waals surface area contributed by atoms with E-state index < -0.39 is 0 Å². The molecule has 0 spiro atoms. The first-order valence-electron chi connectivity index (χ1n) is 6.26. The molecule has 1 amide bonds. The Hall–Kier alpha value is -1.06. The van der Waals surface area contributed by atoms with Crippen LogP contribution in [0.3, 0.4) is 0 Å². The van der Waals surface area contributed by atoms with Crippen LogP contribution in [0, 0.1) is 0 Å². The molecule has 0 aromatic heterocycles. The van der Waals surface area contributed by atoms with Crippen LogP contribution in [0.2, 0.25) is 5.02 Å². The Morgan fingerprint density at radius 3 is 2.78 bits per heavy atom. The molecule has 2 atom stereocenters. The smallest absolute Gasteiger partial charge is 0.220 e. The Kier molecular flexibility index (Phi) is 6.16. The lowest BCUT2D eigenvalue weighted by molar-refractivity contribution is -0.121. The van der Waals surface area contributed by atoms with Crippen LogP contribution in [0.4, 0.5) is 0 Å². The Labute approximate surface area is 114 Å². The molecule has 3 nitrogen and oxygen atoms in total. The summed E-state index contributed by atoms with van der Waals surface area (Å²) in [5.41, 5.74) is 6.74. The molecule has 2 unspecified atom stereocenters. The Bertz CT molecular complexity index is 393. The molecular formula is C14H21ClN2O. The standard InChI is InChI=1S/C14H21ClN2O/c1-10(16)6-7-14(18)17-11(2)8-12-4-3-5-13(15)9-12/h3-5,9-11H,6-8,16H2,1-2H3,(H,17,18). The summed E-state index contributed by atoms with van der Waals surface area (Å²) < 4.78 is 0. The molecule has 1 aromatic carbocycles. The molecule has 100 valence electrons. The van der Waals surface area contributed by atoms with Crippen molar-refractivity contribution < 1.29 is 4.79 Å². The maximum atomic E-state index is 11.6. The zero-order chi connectivity index (χ0) is 13.5. The van der Waals surface area contributed by atoms with Crippen molar-refractivity contribution in [1.82, 2.24) is 5.32 Å². The van der Waals surface area contributed by atoms with Crippen LogP contribution in [0.5, 0.6) is 0 Å². The van der Waals surface area contributed by atoms with Crippen molar-refractivity contribution in [2.24, 2.45) is 5.73 Å². The molecule has 0 bridgehead atoms. The third-order valence-electron chi connectivity index (χ3n) is 2.67. The van der Waals surface area contributed by atoms with Gasteiger partial charge >= 0.3 is 0 Å². The number of carbonyl (C=O) groups excluding carboxylic acids is 1. The number of nitrogens with two attached hydrogens (primary N) is 1. The largest absolute Gasteiger partial charge is 0.353 e. The molecule has 0 saturated heterocycles. The monoisotopic (exact) mass is 268 g/mol. The summed E-state index contributed by atoms with van der Waals surface area (Å²) in [7, 11) is 0. The fourth-order valence-electron chi connectivity index (χ4n) is 1.77. The number of nitrogens with one attached hydrogen (secondary N) is 1. The lowest BCUT2D eigenvalue weighted by atomic mass is 10.1. The average molecular weight is 269 g/mol. The van der Waals surface area contributed by atoms with Crippen molar-refractivity contribution >= 4 is 17.5 Å². The zero-order valence-corrected chi connectivity index (χ0v) is 11.7. The van der Waals surface area contributed by atoms with Crippen LogP contribution in [0.15, 0.2) is 24.3 Å². The van der Waals surface area contributed by atoms with Crippen molar-refractivity contribution in [3.63, 3.8) is 0 Å². The number of rotatable bonds is 6. The quantitative estimate of drug-likeness (QED) is 0.833. The highest BCUT2D eigenvalue weighted by Crippen LogP contribution is 2.12. The number of hydrogen-bond donors (Lipinski definition) is 2. The molecule has 0 aliphatic carbocycles. The summed E-state index contributed by atoms with van der Waals surface area (Å²) >= 11 is 5.92. The first kappa shape index (κ1) is 15.0. The molecule has 0 aliphatic heterocycles. The van der Waals surface area contributed by atoms with Crippen molar-refractivity contribution in [2.45, 2.75) is 45.2 Å². The number of amides is 1. The lowest BCUT2D eigenvalue weighted by Gasteiger charge is -2.14. The fraction of sp³-hybridized carbons (Fsp3) is 0.500. The highest BCUT2D eigenvalue weighted by molar-refractivity contribution is 6.30. The Morgan fingerprint density at radius 1 is 1.44 bits per heavy atom. The lowest BCUT2D eigenvalue weighted by Crippen LogP contribution is -2.34. The number of carbonyl (C=O) groups is 1. The summed E-state index contributed by atoms with van der Waals surface area (Å²) in [6.07, 6.45) is 1.98. The third-order valence-corrected chi connectivity index (χ3v) is 2.90.